The number of carbonyl (C=O) groups excluding carboxylic acids is 1. The molecule has 2 fully saturated rings. The van der Waals surface area contributed by atoms with Crippen molar-refractivity contribution >= 4 is 34.2 Å². The van der Waals surface area contributed by atoms with Gasteiger partial charge in [-0.1, -0.05) is 30.3 Å². The van der Waals surface area contributed by atoms with Gasteiger partial charge in [-0.25, -0.2) is 0 Å². The number of nitro benzene ring substituents is 1. The monoisotopic (exact) mass is 346 g/mol. The van der Waals surface area contributed by atoms with Crippen LogP contribution < -0.4 is 0 Å². The fourth-order valence-corrected chi connectivity index (χ4v) is 3.54. The molecule has 8 heteroatoms. The first-order valence-electron chi connectivity index (χ1n) is 7.93. The molecule has 7 nitrogen and oxygen atoms in total. The number of amidine groups is 1. The quantitative estimate of drug-likeness (QED) is 0.618. The zero-order valence-electron chi connectivity index (χ0n) is 13.2. The van der Waals surface area contributed by atoms with Gasteiger partial charge in [-0.3, -0.25) is 19.8 Å². The maximum Gasteiger partial charge on any atom is 0.269 e. The zero-order chi connectivity index (χ0) is 16.9. The van der Waals surface area contributed by atoms with Crippen LogP contribution in [0.3, 0.4) is 0 Å². The van der Waals surface area contributed by atoms with E-state index in [-0.39, 0.29) is 11.6 Å². The molecule has 0 unspecified atom stereocenters. The van der Waals surface area contributed by atoms with E-state index in [1.807, 2.05) is 0 Å². The largest absolute Gasteiger partial charge is 0.285 e. The fourth-order valence-electron chi connectivity index (χ4n) is 2.71. The summed E-state index contributed by atoms with van der Waals surface area (Å²) in [7, 11) is 0. The highest BCUT2D eigenvalue weighted by atomic mass is 32.2. The van der Waals surface area contributed by atoms with Gasteiger partial charge >= 0.3 is 0 Å². The molecule has 0 N–H and O–H groups in total. The predicted molar refractivity (Wildman–Crippen MR) is 94.1 cm³/mol. The van der Waals surface area contributed by atoms with Gasteiger partial charge in [0.2, 0.25) is 5.91 Å². The Morgan fingerprint density at radius 3 is 2.50 bits per heavy atom. The molecule has 1 aromatic carbocycles. The van der Waals surface area contributed by atoms with Crippen molar-refractivity contribution in [1.82, 2.24) is 4.90 Å². The molecule has 1 heterocycles. The van der Waals surface area contributed by atoms with Gasteiger partial charge in [-0.2, -0.15) is 5.10 Å². The first kappa shape index (κ1) is 16.6. The zero-order valence-corrected chi connectivity index (χ0v) is 14.0. The number of hydrogen-bond acceptors (Lipinski definition) is 6. The summed E-state index contributed by atoms with van der Waals surface area (Å²) in [5.41, 5.74) is 1.97. The molecule has 0 spiro atoms. The van der Waals surface area contributed by atoms with E-state index < -0.39 is 4.92 Å². The first-order valence-corrected chi connectivity index (χ1v) is 8.92. The number of hydrogen-bond donors (Lipinski definition) is 0. The lowest BCUT2D eigenvalue weighted by atomic mass is 9.99. The van der Waals surface area contributed by atoms with E-state index >= 15 is 0 Å². The van der Waals surface area contributed by atoms with Crippen LogP contribution in [0.15, 0.2) is 34.5 Å². The highest BCUT2D eigenvalue weighted by Gasteiger charge is 2.28. The molecule has 126 valence electrons. The molecule has 0 radical (unpaired) electrons. The van der Waals surface area contributed by atoms with Crippen LogP contribution in [0, 0.1) is 10.1 Å². The first-order chi connectivity index (χ1) is 11.6. The Morgan fingerprint density at radius 2 is 1.83 bits per heavy atom. The Hall–Kier alpha value is -2.22. The van der Waals surface area contributed by atoms with E-state index in [0.29, 0.717) is 17.5 Å². The van der Waals surface area contributed by atoms with E-state index in [2.05, 4.69) is 10.2 Å². The molecule has 0 aromatic heterocycles. The summed E-state index contributed by atoms with van der Waals surface area (Å²) >= 11 is 1.39. The number of nitrogens with zero attached hydrogens (tertiary/aromatic N) is 4. The van der Waals surface area contributed by atoms with Crippen molar-refractivity contribution in [1.29, 1.82) is 0 Å². The third-order valence-corrected chi connectivity index (χ3v) is 5.00. The SMILES string of the molecule is O=C1CS/C(=N\N=C2CCCCC2)N1Cc1ccc([N+](=O)[O-])cc1. The second-order valence-corrected chi connectivity index (χ2v) is 6.74. The van der Waals surface area contributed by atoms with Crippen LogP contribution in [0.2, 0.25) is 0 Å². The minimum Gasteiger partial charge on any atom is -0.285 e. The van der Waals surface area contributed by atoms with Crippen LogP contribution in [0.4, 0.5) is 5.69 Å². The van der Waals surface area contributed by atoms with Crippen LogP contribution in [0.5, 0.6) is 0 Å². The summed E-state index contributed by atoms with van der Waals surface area (Å²) in [6.45, 7) is 0.355. The molecule has 1 saturated carbocycles. The van der Waals surface area contributed by atoms with Crippen molar-refractivity contribution in [3.05, 3.63) is 39.9 Å². The van der Waals surface area contributed by atoms with E-state index in [9.17, 15) is 14.9 Å². The summed E-state index contributed by atoms with van der Waals surface area (Å²) < 4.78 is 0. The molecule has 3 rings (SSSR count). The summed E-state index contributed by atoms with van der Waals surface area (Å²) in [5.74, 6) is 0.345. The lowest BCUT2D eigenvalue weighted by molar-refractivity contribution is -0.384. The average molecular weight is 346 g/mol. The van der Waals surface area contributed by atoms with Crippen molar-refractivity contribution < 1.29 is 9.72 Å². The molecule has 2 aliphatic rings. The second kappa shape index (κ2) is 7.57. The Balaban J connectivity index is 1.72. The Morgan fingerprint density at radius 1 is 1.12 bits per heavy atom. The third-order valence-electron chi connectivity index (χ3n) is 4.05. The van der Waals surface area contributed by atoms with Crippen LogP contribution >= 0.6 is 11.8 Å². The van der Waals surface area contributed by atoms with Gasteiger partial charge in [0.25, 0.3) is 5.69 Å². The van der Waals surface area contributed by atoms with E-state index in [0.717, 1.165) is 37.0 Å². The maximum absolute atomic E-state index is 12.1. The second-order valence-electron chi connectivity index (χ2n) is 5.80. The van der Waals surface area contributed by atoms with E-state index in [4.69, 9.17) is 0 Å². The number of non-ortho nitro benzene ring substituents is 1. The van der Waals surface area contributed by atoms with Crippen molar-refractivity contribution in [3.63, 3.8) is 0 Å². The number of rotatable bonds is 4. The fraction of sp³-hybridized carbons (Fsp3) is 0.438. The molecule has 1 aliphatic carbocycles. The van der Waals surface area contributed by atoms with Crippen LogP contribution in [0.1, 0.15) is 37.7 Å². The van der Waals surface area contributed by atoms with Crippen molar-refractivity contribution in [2.75, 3.05) is 5.75 Å². The molecule has 1 aliphatic heterocycles. The molecule has 1 aromatic rings. The Labute approximate surface area is 144 Å². The van der Waals surface area contributed by atoms with Gasteiger partial charge in [0.15, 0.2) is 5.17 Å². The average Bonchev–Trinajstić information content (AvgIpc) is 2.94. The van der Waals surface area contributed by atoms with E-state index in [1.54, 1.807) is 17.0 Å². The predicted octanol–water partition coefficient (Wildman–Crippen LogP) is 3.35. The molecule has 24 heavy (non-hydrogen) atoms. The summed E-state index contributed by atoms with van der Waals surface area (Å²) in [6, 6.07) is 6.22. The van der Waals surface area contributed by atoms with E-state index in [1.165, 1.54) is 30.3 Å². The Bertz CT molecular complexity index is 692. The van der Waals surface area contributed by atoms with Gasteiger partial charge in [0.1, 0.15) is 0 Å². The maximum atomic E-state index is 12.1. The van der Waals surface area contributed by atoms with Gasteiger partial charge in [-0.15, -0.1) is 5.10 Å². The highest BCUT2D eigenvalue weighted by Crippen LogP contribution is 2.23. The number of thioether (sulfide) groups is 1. The minimum atomic E-state index is -0.437. The summed E-state index contributed by atoms with van der Waals surface area (Å²) in [6.07, 6.45) is 5.52. The topological polar surface area (TPSA) is 88.2 Å². The number of nitro groups is 1. The van der Waals surface area contributed by atoms with Gasteiger partial charge in [0.05, 0.1) is 17.2 Å². The lowest BCUT2D eigenvalue weighted by Gasteiger charge is -2.15. The molecule has 0 bridgehead atoms. The van der Waals surface area contributed by atoms with Crippen molar-refractivity contribution in [2.24, 2.45) is 10.2 Å². The third kappa shape index (κ3) is 4.00. The lowest BCUT2D eigenvalue weighted by Crippen LogP contribution is -2.28. The van der Waals surface area contributed by atoms with Gasteiger partial charge in [0, 0.05) is 17.8 Å². The molecule has 0 atom stereocenters. The number of amides is 1. The van der Waals surface area contributed by atoms with Crippen molar-refractivity contribution in [2.45, 2.75) is 38.6 Å². The van der Waals surface area contributed by atoms with Gasteiger partial charge in [-0.05, 0) is 31.2 Å². The van der Waals surface area contributed by atoms with Crippen LogP contribution in [0.25, 0.3) is 0 Å². The molecule has 1 saturated heterocycles. The van der Waals surface area contributed by atoms with Crippen molar-refractivity contribution in [3.8, 4) is 0 Å². The number of carbonyl (C=O) groups is 1. The standard InChI is InChI=1S/C16H18N4O3S/c21-15-11-24-16(18-17-13-4-2-1-3-5-13)19(15)10-12-6-8-14(9-7-12)20(22)23/h6-9H,1-5,10-11H2/b18-16-. The normalized spacial score (nSPS) is 19.8. The summed E-state index contributed by atoms with van der Waals surface area (Å²) in [5, 5.41) is 19.9. The molecular weight excluding hydrogens is 328 g/mol. The highest BCUT2D eigenvalue weighted by molar-refractivity contribution is 8.15. The minimum absolute atomic E-state index is 0.0130. The van der Waals surface area contributed by atoms with Crippen LogP contribution in [-0.4, -0.2) is 32.4 Å². The van der Waals surface area contributed by atoms with Crippen LogP contribution in [-0.2, 0) is 11.3 Å². The Kier molecular flexibility index (Phi) is 5.24. The number of benzene rings is 1. The smallest absolute Gasteiger partial charge is 0.269 e. The molecular formula is C16H18N4O3S. The van der Waals surface area contributed by atoms with Gasteiger partial charge < -0.3 is 0 Å². The molecule has 1 amide bonds. The summed E-state index contributed by atoms with van der Waals surface area (Å²) in [4.78, 5) is 23.9.